The number of hydrogen-bond donors (Lipinski definition) is 5. The Kier molecular flexibility index (Phi) is 13.4. The largest absolute Gasteiger partial charge is 0.445 e. The molecule has 11 heteroatoms. The smallest absolute Gasteiger partial charge is 0.408 e. The average Bonchev–Trinajstić information content (AvgIpc) is 3.52. The first-order valence-electron chi connectivity index (χ1n) is 14.5. The van der Waals surface area contributed by atoms with Gasteiger partial charge in [0.2, 0.25) is 11.8 Å². The van der Waals surface area contributed by atoms with Gasteiger partial charge in [0.05, 0.1) is 24.2 Å². The molecule has 3 amide bonds. The Morgan fingerprint density at radius 3 is 2.14 bits per heavy atom. The maximum absolute atomic E-state index is 13.7. The number of ether oxygens (including phenoxy) is 1. The van der Waals surface area contributed by atoms with Crippen LogP contribution in [0.1, 0.15) is 49.9 Å². The summed E-state index contributed by atoms with van der Waals surface area (Å²) in [5, 5.41) is 19.0. The molecule has 4 atom stereocenters. The number of aliphatic hydroxyl groups excluding tert-OH is 1. The fourth-order valence-electron chi connectivity index (χ4n) is 4.60. The normalized spacial score (nSPS) is 13.8. The van der Waals surface area contributed by atoms with Crippen LogP contribution in [0.25, 0.3) is 0 Å². The van der Waals surface area contributed by atoms with Crippen molar-refractivity contribution in [3.8, 4) is 0 Å². The van der Waals surface area contributed by atoms with Gasteiger partial charge >= 0.3 is 6.09 Å². The third kappa shape index (κ3) is 11.7. The van der Waals surface area contributed by atoms with Gasteiger partial charge in [-0.2, -0.15) is 0 Å². The van der Waals surface area contributed by atoms with Crippen LogP contribution in [0.5, 0.6) is 0 Å². The van der Waals surface area contributed by atoms with Crippen LogP contribution in [-0.4, -0.2) is 63.5 Å². The Balaban J connectivity index is 1.77. The van der Waals surface area contributed by atoms with Gasteiger partial charge in [-0.15, -0.1) is 0 Å². The van der Waals surface area contributed by atoms with Gasteiger partial charge in [0.1, 0.15) is 25.0 Å². The predicted molar refractivity (Wildman–Crippen MR) is 161 cm³/mol. The highest BCUT2D eigenvalue weighted by molar-refractivity contribution is 5.91. The van der Waals surface area contributed by atoms with E-state index in [1.807, 2.05) is 74.5 Å². The van der Waals surface area contributed by atoms with Crippen molar-refractivity contribution in [3.63, 3.8) is 0 Å². The van der Waals surface area contributed by atoms with Crippen LogP contribution in [0, 0.1) is 5.92 Å². The number of rotatable bonds is 17. The van der Waals surface area contributed by atoms with E-state index in [1.165, 1.54) is 6.33 Å². The molecule has 43 heavy (non-hydrogen) atoms. The van der Waals surface area contributed by atoms with Crippen LogP contribution < -0.4 is 16.0 Å². The lowest BCUT2D eigenvalue weighted by molar-refractivity contribution is -0.131. The van der Waals surface area contributed by atoms with Crippen molar-refractivity contribution in [2.75, 3.05) is 0 Å². The number of carbonyl (C=O) groups excluding carboxylic acids is 4. The number of hydrogen-bond acceptors (Lipinski definition) is 7. The summed E-state index contributed by atoms with van der Waals surface area (Å²) in [5.74, 6) is -0.952. The number of aromatic nitrogens is 2. The van der Waals surface area contributed by atoms with Gasteiger partial charge in [0, 0.05) is 25.5 Å². The zero-order valence-corrected chi connectivity index (χ0v) is 24.6. The fraction of sp³-hybridized carbons (Fsp3) is 0.406. The highest BCUT2D eigenvalue weighted by Crippen LogP contribution is 2.13. The number of amides is 3. The summed E-state index contributed by atoms with van der Waals surface area (Å²) in [7, 11) is 0. The Morgan fingerprint density at radius 1 is 0.907 bits per heavy atom. The zero-order valence-electron chi connectivity index (χ0n) is 24.6. The number of H-pyrrole nitrogens is 1. The molecule has 0 aliphatic heterocycles. The second-order valence-corrected chi connectivity index (χ2v) is 10.8. The highest BCUT2D eigenvalue weighted by Gasteiger charge is 2.31. The Bertz CT molecular complexity index is 1270. The number of aromatic amines is 1. The van der Waals surface area contributed by atoms with Crippen molar-refractivity contribution < 1.29 is 29.0 Å². The number of imidazole rings is 1. The summed E-state index contributed by atoms with van der Waals surface area (Å²) >= 11 is 0. The molecular weight excluding hydrogens is 550 g/mol. The predicted octanol–water partition coefficient (Wildman–Crippen LogP) is 2.85. The van der Waals surface area contributed by atoms with Gasteiger partial charge in [-0.25, -0.2) is 9.78 Å². The molecule has 1 heterocycles. The number of carbonyl (C=O) groups is 4. The number of aliphatic hydroxyl groups is 1. The van der Waals surface area contributed by atoms with E-state index in [-0.39, 0.29) is 38.2 Å². The van der Waals surface area contributed by atoms with E-state index in [4.69, 9.17) is 4.74 Å². The minimum absolute atomic E-state index is 0.0280. The Morgan fingerprint density at radius 2 is 1.53 bits per heavy atom. The monoisotopic (exact) mass is 591 g/mol. The van der Waals surface area contributed by atoms with Crippen molar-refractivity contribution in [1.82, 2.24) is 25.9 Å². The molecule has 0 saturated heterocycles. The molecule has 0 fully saturated rings. The first-order valence-corrected chi connectivity index (χ1v) is 14.5. The average molecular weight is 592 g/mol. The minimum atomic E-state index is -1.07. The molecule has 2 unspecified atom stereocenters. The number of nitrogens with zero attached hydrogens (tertiary/aromatic N) is 1. The quantitative estimate of drug-likeness (QED) is 0.151. The van der Waals surface area contributed by atoms with E-state index >= 15 is 0 Å². The summed E-state index contributed by atoms with van der Waals surface area (Å²) in [6, 6.07) is 15.6. The first kappa shape index (κ1) is 33.0. The summed E-state index contributed by atoms with van der Waals surface area (Å²) in [4.78, 5) is 57.9. The van der Waals surface area contributed by atoms with Gasteiger partial charge in [0.25, 0.3) is 0 Å². The molecule has 2 aromatic carbocycles. The van der Waals surface area contributed by atoms with Crippen LogP contribution in [0.3, 0.4) is 0 Å². The van der Waals surface area contributed by atoms with Gasteiger partial charge in [-0.1, -0.05) is 74.5 Å². The summed E-state index contributed by atoms with van der Waals surface area (Å²) in [6.07, 6.45) is 3.16. The van der Waals surface area contributed by atoms with Crippen LogP contribution in [0.4, 0.5) is 4.79 Å². The highest BCUT2D eigenvalue weighted by atomic mass is 16.5. The van der Waals surface area contributed by atoms with E-state index in [9.17, 15) is 24.3 Å². The second kappa shape index (κ2) is 17.4. The standard InChI is InChI=1S/C32H41N5O6/c1-22(2)16-26(29(39)14-9-15-38)35-31(41)28(18-25-19-33-21-34-25)36-30(40)27(17-23-10-5-3-6-11-23)37-32(42)43-20-24-12-7-4-8-13-24/h3-8,10-13,15,19,21-22,26-29,39H,9,14,16-18,20H2,1-2H3,(H,33,34)(H,35,41)(H,36,40)(H,37,42)/t26?,27-,28-,29?/m0/s1. The van der Waals surface area contributed by atoms with Gasteiger partial charge < -0.3 is 35.6 Å². The van der Waals surface area contributed by atoms with E-state index < -0.39 is 42.1 Å². The van der Waals surface area contributed by atoms with Crippen molar-refractivity contribution in [3.05, 3.63) is 90.0 Å². The number of alkyl carbamates (subject to hydrolysis) is 1. The topological polar surface area (TPSA) is 163 Å². The van der Waals surface area contributed by atoms with Gasteiger partial charge in [0.15, 0.2) is 0 Å². The lowest BCUT2D eigenvalue weighted by atomic mass is 9.96. The first-order chi connectivity index (χ1) is 20.7. The van der Waals surface area contributed by atoms with Crippen LogP contribution >= 0.6 is 0 Å². The van der Waals surface area contributed by atoms with Crippen LogP contribution in [0.2, 0.25) is 0 Å². The molecule has 5 N–H and O–H groups in total. The molecule has 0 spiro atoms. The molecule has 0 bridgehead atoms. The molecule has 1 aromatic heterocycles. The summed E-state index contributed by atoms with van der Waals surface area (Å²) < 4.78 is 5.36. The van der Waals surface area contributed by atoms with Crippen molar-refractivity contribution in [2.24, 2.45) is 5.92 Å². The maximum Gasteiger partial charge on any atom is 0.408 e. The maximum atomic E-state index is 13.7. The number of aldehydes is 1. The van der Waals surface area contributed by atoms with E-state index in [0.717, 1.165) is 17.4 Å². The minimum Gasteiger partial charge on any atom is -0.445 e. The molecular formula is C32H41N5O6. The zero-order chi connectivity index (χ0) is 31.0. The SMILES string of the molecule is CC(C)CC(NC(=O)[C@H](Cc1c[nH]cn1)NC(=O)[C@H](Cc1ccccc1)NC(=O)OCc1ccccc1)C(O)CCC=O. The van der Waals surface area contributed by atoms with E-state index in [2.05, 4.69) is 25.9 Å². The van der Waals surface area contributed by atoms with E-state index in [1.54, 1.807) is 6.20 Å². The van der Waals surface area contributed by atoms with Crippen molar-refractivity contribution in [2.45, 2.75) is 76.8 Å². The Hall–Kier alpha value is -4.51. The second-order valence-electron chi connectivity index (χ2n) is 10.8. The molecule has 230 valence electrons. The summed E-state index contributed by atoms with van der Waals surface area (Å²) in [6.45, 7) is 3.96. The molecule has 0 radical (unpaired) electrons. The fourth-order valence-corrected chi connectivity index (χ4v) is 4.60. The number of benzene rings is 2. The molecule has 3 rings (SSSR count). The van der Waals surface area contributed by atoms with E-state index in [0.29, 0.717) is 12.1 Å². The van der Waals surface area contributed by atoms with Gasteiger partial charge in [-0.05, 0) is 29.9 Å². The third-order valence-electron chi connectivity index (χ3n) is 6.80. The third-order valence-corrected chi connectivity index (χ3v) is 6.80. The lowest BCUT2D eigenvalue weighted by Crippen LogP contribution is -2.57. The number of nitrogens with one attached hydrogen (secondary N) is 4. The lowest BCUT2D eigenvalue weighted by Gasteiger charge is -2.28. The summed E-state index contributed by atoms with van der Waals surface area (Å²) in [5.41, 5.74) is 2.13. The molecule has 0 saturated carbocycles. The van der Waals surface area contributed by atoms with Crippen molar-refractivity contribution >= 4 is 24.2 Å². The van der Waals surface area contributed by atoms with Crippen LogP contribution in [0.15, 0.2) is 73.2 Å². The molecule has 11 nitrogen and oxygen atoms in total. The molecule has 3 aromatic rings. The van der Waals surface area contributed by atoms with Crippen molar-refractivity contribution in [1.29, 1.82) is 0 Å². The molecule has 0 aliphatic carbocycles. The van der Waals surface area contributed by atoms with Gasteiger partial charge in [-0.3, -0.25) is 9.59 Å². The Labute approximate surface area is 251 Å². The molecule has 0 aliphatic rings. The van der Waals surface area contributed by atoms with Crippen LogP contribution in [-0.2, 0) is 38.6 Å².